The molecule has 0 aliphatic carbocycles. The third-order valence-corrected chi connectivity index (χ3v) is 1.90. The van der Waals surface area contributed by atoms with Gasteiger partial charge in [0, 0.05) is 13.5 Å². The Bertz CT molecular complexity index is 320. The molecule has 0 saturated carbocycles. The predicted molar refractivity (Wildman–Crippen MR) is 50.7 cm³/mol. The van der Waals surface area contributed by atoms with Crippen molar-refractivity contribution < 1.29 is 9.53 Å². The lowest BCUT2D eigenvalue weighted by molar-refractivity contribution is -0.139. The van der Waals surface area contributed by atoms with E-state index in [2.05, 4.69) is 21.7 Å². The van der Waals surface area contributed by atoms with Crippen molar-refractivity contribution in [1.29, 1.82) is 0 Å². The first kappa shape index (κ1) is 10.7. The quantitative estimate of drug-likeness (QED) is 0.659. The monoisotopic (exact) mass is 197 g/mol. The van der Waals surface area contributed by atoms with Crippen LogP contribution in [-0.2, 0) is 29.4 Å². The first-order valence-electron chi connectivity index (χ1n) is 4.63. The van der Waals surface area contributed by atoms with E-state index in [0.29, 0.717) is 5.82 Å². The molecule has 0 radical (unpaired) electrons. The van der Waals surface area contributed by atoms with Gasteiger partial charge in [0.25, 0.3) is 0 Å². The molecule has 0 amide bonds. The Morgan fingerprint density at radius 3 is 2.86 bits per heavy atom. The second-order valence-electron chi connectivity index (χ2n) is 3.07. The van der Waals surface area contributed by atoms with E-state index in [-0.39, 0.29) is 12.4 Å². The number of carbonyl (C=O) groups is 1. The number of carbonyl (C=O) groups excluding carboxylic acids is 1. The number of methoxy groups -OCH3 is 1. The number of aromatic nitrogens is 3. The molecule has 78 valence electrons. The molecule has 0 spiro atoms. The van der Waals surface area contributed by atoms with Crippen LogP contribution >= 0.6 is 0 Å². The van der Waals surface area contributed by atoms with E-state index in [1.54, 1.807) is 11.7 Å². The molecule has 1 aromatic heterocycles. The summed E-state index contributed by atoms with van der Waals surface area (Å²) >= 11 is 0. The average Bonchev–Trinajstić information content (AvgIpc) is 2.47. The highest BCUT2D eigenvalue weighted by molar-refractivity contribution is 5.71. The van der Waals surface area contributed by atoms with Crippen LogP contribution in [0.3, 0.4) is 0 Å². The molecule has 0 atom stereocenters. The lowest BCUT2D eigenvalue weighted by Gasteiger charge is -1.97. The smallest absolute Gasteiger partial charge is 0.313 e. The van der Waals surface area contributed by atoms with Crippen molar-refractivity contribution in [2.75, 3.05) is 7.11 Å². The van der Waals surface area contributed by atoms with E-state index in [4.69, 9.17) is 0 Å². The van der Waals surface area contributed by atoms with Crippen LogP contribution in [0.5, 0.6) is 0 Å². The number of aryl methyl sites for hydroxylation is 2. The van der Waals surface area contributed by atoms with Crippen LogP contribution in [0.4, 0.5) is 0 Å². The van der Waals surface area contributed by atoms with Crippen molar-refractivity contribution in [1.82, 2.24) is 14.8 Å². The van der Waals surface area contributed by atoms with Crippen molar-refractivity contribution in [2.45, 2.75) is 26.2 Å². The van der Waals surface area contributed by atoms with Crippen LogP contribution in [0.15, 0.2) is 0 Å². The summed E-state index contributed by atoms with van der Waals surface area (Å²) in [5.41, 5.74) is 0. The fourth-order valence-electron chi connectivity index (χ4n) is 1.16. The summed E-state index contributed by atoms with van der Waals surface area (Å²) in [6.07, 6.45) is 2.03. The maximum atomic E-state index is 11.0. The van der Waals surface area contributed by atoms with Gasteiger partial charge in [0.05, 0.1) is 7.11 Å². The summed E-state index contributed by atoms with van der Waals surface area (Å²) < 4.78 is 6.19. The first-order chi connectivity index (χ1) is 6.67. The molecular formula is C9H15N3O2. The Morgan fingerprint density at radius 2 is 2.29 bits per heavy atom. The number of hydrogen-bond acceptors (Lipinski definition) is 4. The van der Waals surface area contributed by atoms with Gasteiger partial charge in [-0.1, -0.05) is 6.92 Å². The fourth-order valence-corrected chi connectivity index (χ4v) is 1.16. The molecule has 0 aliphatic rings. The second-order valence-corrected chi connectivity index (χ2v) is 3.07. The van der Waals surface area contributed by atoms with Crippen molar-refractivity contribution in [3.05, 3.63) is 11.6 Å². The average molecular weight is 197 g/mol. The van der Waals surface area contributed by atoms with E-state index in [1.165, 1.54) is 7.11 Å². The molecule has 5 nitrogen and oxygen atoms in total. The van der Waals surface area contributed by atoms with E-state index in [1.807, 2.05) is 0 Å². The number of ether oxygens (including phenoxy) is 1. The molecule has 0 N–H and O–H groups in total. The number of rotatable bonds is 4. The molecule has 0 aromatic carbocycles. The van der Waals surface area contributed by atoms with Gasteiger partial charge in [0.1, 0.15) is 12.2 Å². The topological polar surface area (TPSA) is 57.0 Å². The fraction of sp³-hybridized carbons (Fsp3) is 0.667. The lowest BCUT2D eigenvalue weighted by atomic mass is 10.3. The van der Waals surface area contributed by atoms with Gasteiger partial charge in [-0.25, -0.2) is 4.98 Å². The minimum absolute atomic E-state index is 0.184. The van der Waals surface area contributed by atoms with Gasteiger partial charge in [-0.05, 0) is 6.42 Å². The van der Waals surface area contributed by atoms with Gasteiger partial charge in [-0.3, -0.25) is 9.48 Å². The molecule has 1 aromatic rings. The van der Waals surface area contributed by atoms with Crippen LogP contribution in [0.1, 0.15) is 25.0 Å². The molecule has 0 fully saturated rings. The molecular weight excluding hydrogens is 182 g/mol. The molecule has 0 aliphatic heterocycles. The third kappa shape index (κ3) is 2.55. The Morgan fingerprint density at radius 1 is 1.57 bits per heavy atom. The zero-order chi connectivity index (χ0) is 10.6. The minimum atomic E-state index is -0.288. The van der Waals surface area contributed by atoms with E-state index in [9.17, 15) is 4.79 Å². The number of esters is 1. The van der Waals surface area contributed by atoms with Gasteiger partial charge >= 0.3 is 5.97 Å². The maximum absolute atomic E-state index is 11.0. The van der Waals surface area contributed by atoms with Gasteiger partial charge in [-0.15, -0.1) is 0 Å². The van der Waals surface area contributed by atoms with Gasteiger partial charge < -0.3 is 4.74 Å². The summed E-state index contributed by atoms with van der Waals surface area (Å²) in [5.74, 6) is 1.15. The van der Waals surface area contributed by atoms with Crippen LogP contribution in [0.2, 0.25) is 0 Å². The molecule has 1 rings (SSSR count). The van der Waals surface area contributed by atoms with Crippen molar-refractivity contribution >= 4 is 5.97 Å². The molecule has 5 heteroatoms. The van der Waals surface area contributed by atoms with Gasteiger partial charge in [0.2, 0.25) is 0 Å². The maximum Gasteiger partial charge on any atom is 0.313 e. The number of hydrogen-bond donors (Lipinski definition) is 0. The van der Waals surface area contributed by atoms with Crippen LogP contribution < -0.4 is 0 Å². The van der Waals surface area contributed by atoms with E-state index >= 15 is 0 Å². The predicted octanol–water partition coefficient (Wildman–Crippen LogP) is 0.483. The van der Waals surface area contributed by atoms with Crippen molar-refractivity contribution in [2.24, 2.45) is 7.05 Å². The minimum Gasteiger partial charge on any atom is -0.469 e. The normalized spacial score (nSPS) is 10.2. The molecule has 1 heterocycles. The van der Waals surface area contributed by atoms with Gasteiger partial charge in [-0.2, -0.15) is 5.10 Å². The Hall–Kier alpha value is -1.39. The highest BCUT2D eigenvalue weighted by atomic mass is 16.5. The Labute approximate surface area is 83.1 Å². The second kappa shape index (κ2) is 4.74. The lowest BCUT2D eigenvalue weighted by Crippen LogP contribution is -2.09. The summed E-state index contributed by atoms with van der Waals surface area (Å²) in [6, 6.07) is 0. The van der Waals surface area contributed by atoms with Crippen LogP contribution in [0, 0.1) is 0 Å². The Balaban J connectivity index is 2.71. The zero-order valence-electron chi connectivity index (χ0n) is 8.78. The summed E-state index contributed by atoms with van der Waals surface area (Å²) in [6.45, 7) is 2.07. The standard InChI is InChI=1S/C9H15N3O2/c1-4-5-7-10-8(12(2)11-7)6-9(13)14-3/h4-6H2,1-3H3. The first-order valence-corrected chi connectivity index (χ1v) is 4.63. The molecule has 0 unspecified atom stereocenters. The van der Waals surface area contributed by atoms with E-state index < -0.39 is 0 Å². The summed E-state index contributed by atoms with van der Waals surface area (Å²) in [5, 5.41) is 4.19. The Kier molecular flexibility index (Phi) is 3.62. The van der Waals surface area contributed by atoms with Crippen LogP contribution in [-0.4, -0.2) is 27.8 Å². The largest absolute Gasteiger partial charge is 0.469 e. The number of nitrogens with zero attached hydrogens (tertiary/aromatic N) is 3. The van der Waals surface area contributed by atoms with Crippen molar-refractivity contribution in [3.8, 4) is 0 Å². The van der Waals surface area contributed by atoms with E-state index in [0.717, 1.165) is 18.7 Å². The summed E-state index contributed by atoms with van der Waals surface area (Å²) in [7, 11) is 3.15. The SMILES string of the molecule is CCCc1nc(CC(=O)OC)n(C)n1. The van der Waals surface area contributed by atoms with Crippen molar-refractivity contribution in [3.63, 3.8) is 0 Å². The molecule has 14 heavy (non-hydrogen) atoms. The van der Waals surface area contributed by atoms with Crippen LogP contribution in [0.25, 0.3) is 0 Å². The van der Waals surface area contributed by atoms with Gasteiger partial charge in [0.15, 0.2) is 5.82 Å². The summed E-state index contributed by atoms with van der Waals surface area (Å²) in [4.78, 5) is 15.2. The highest BCUT2D eigenvalue weighted by Gasteiger charge is 2.10. The third-order valence-electron chi connectivity index (χ3n) is 1.90. The molecule has 0 saturated heterocycles. The highest BCUT2D eigenvalue weighted by Crippen LogP contribution is 2.01. The molecule has 0 bridgehead atoms. The zero-order valence-corrected chi connectivity index (χ0v) is 8.78.